The Hall–Kier alpha value is -3.93. The molecule has 0 N–H and O–H groups in total. The Morgan fingerprint density at radius 3 is 2.05 bits per heavy atom. The molecule has 0 unspecified atom stereocenters. The summed E-state index contributed by atoms with van der Waals surface area (Å²) in [6.07, 6.45) is -3.29. The molecule has 12 heteroatoms. The van der Waals surface area contributed by atoms with Crippen LogP contribution in [0.25, 0.3) is 11.0 Å². The molecule has 0 saturated carbocycles. The molecule has 0 spiro atoms. The van der Waals surface area contributed by atoms with Crippen molar-refractivity contribution < 1.29 is 52.0 Å². The number of ether oxygens (including phenoxy) is 6. The van der Waals surface area contributed by atoms with Gasteiger partial charge in [-0.1, -0.05) is 0 Å². The first-order valence-corrected chi connectivity index (χ1v) is 13.0. The summed E-state index contributed by atoms with van der Waals surface area (Å²) in [6, 6.07) is 3.47. The van der Waals surface area contributed by atoms with Crippen LogP contribution in [0.4, 0.5) is 0 Å². The lowest BCUT2D eigenvalue weighted by Gasteiger charge is -2.44. The summed E-state index contributed by atoms with van der Waals surface area (Å²) in [7, 11) is 0. The number of benzene rings is 1. The van der Waals surface area contributed by atoms with Gasteiger partial charge in [0.15, 0.2) is 12.2 Å². The zero-order chi connectivity index (χ0) is 29.1. The highest BCUT2D eigenvalue weighted by Gasteiger charge is 2.53. The van der Waals surface area contributed by atoms with Crippen LogP contribution in [0.1, 0.15) is 57.2 Å². The molecule has 2 aromatic rings. The largest absolute Gasteiger partial charge is 0.463 e. The van der Waals surface area contributed by atoms with Crippen molar-refractivity contribution in [3.05, 3.63) is 39.2 Å². The van der Waals surface area contributed by atoms with Gasteiger partial charge in [0.25, 0.3) is 0 Å². The van der Waals surface area contributed by atoms with Gasteiger partial charge in [-0.05, 0) is 50.3 Å². The molecule has 2 aliphatic rings. The fourth-order valence-electron chi connectivity index (χ4n) is 5.16. The van der Waals surface area contributed by atoms with Crippen LogP contribution >= 0.6 is 0 Å². The molecule has 1 aromatic carbocycles. The van der Waals surface area contributed by atoms with Crippen LogP contribution in [0.5, 0.6) is 5.75 Å². The molecule has 0 radical (unpaired) electrons. The normalized spacial score (nSPS) is 24.0. The summed E-state index contributed by atoms with van der Waals surface area (Å²) in [5, 5.41) is 0.806. The minimum atomic E-state index is -1.40. The molecule has 1 saturated heterocycles. The Morgan fingerprint density at radius 1 is 0.825 bits per heavy atom. The third kappa shape index (κ3) is 6.27. The first-order chi connectivity index (χ1) is 19.0. The number of hydrogen-bond acceptors (Lipinski definition) is 12. The number of hydrogen-bond donors (Lipinski definition) is 0. The predicted octanol–water partition coefficient (Wildman–Crippen LogP) is 2.44. The molecule has 1 fully saturated rings. The molecule has 2 heterocycles. The third-order valence-electron chi connectivity index (χ3n) is 6.78. The Bertz CT molecular complexity index is 1380. The van der Waals surface area contributed by atoms with Gasteiger partial charge in [-0.15, -0.1) is 0 Å². The molecule has 0 bridgehead atoms. The van der Waals surface area contributed by atoms with E-state index < -0.39 is 60.2 Å². The molecule has 12 nitrogen and oxygen atoms in total. The van der Waals surface area contributed by atoms with Gasteiger partial charge in [0.2, 0.25) is 12.4 Å². The van der Waals surface area contributed by atoms with E-state index in [2.05, 4.69) is 0 Å². The molecule has 40 heavy (non-hydrogen) atoms. The summed E-state index contributed by atoms with van der Waals surface area (Å²) < 4.78 is 39.3. The zero-order valence-electron chi connectivity index (χ0n) is 23.0. The van der Waals surface area contributed by atoms with Gasteiger partial charge < -0.3 is 32.8 Å². The molecule has 4 rings (SSSR count). The second-order valence-corrected chi connectivity index (χ2v) is 9.80. The number of fused-ring (bicyclic) bond motifs is 3. The van der Waals surface area contributed by atoms with Crippen molar-refractivity contribution in [1.82, 2.24) is 0 Å². The SMILES string of the molecule is CC(=O)OC[C@H]1O[C@@H](Oc2ccc3c4c(c(=O)oc3c2C)CCCC4)[C@H](OC(C)=O)[C@@H](OC(C)=O)[C@H]1OC(C)=O. The van der Waals surface area contributed by atoms with Gasteiger partial charge in [0.05, 0.1) is 0 Å². The molecule has 1 aliphatic carbocycles. The Balaban J connectivity index is 1.76. The van der Waals surface area contributed by atoms with Gasteiger partial charge in [0, 0.05) is 44.2 Å². The fourth-order valence-corrected chi connectivity index (χ4v) is 5.16. The Labute approximate surface area is 229 Å². The second kappa shape index (κ2) is 12.1. The van der Waals surface area contributed by atoms with Crippen LogP contribution in [-0.4, -0.2) is 61.2 Å². The Morgan fingerprint density at radius 2 is 1.43 bits per heavy atom. The van der Waals surface area contributed by atoms with E-state index in [0.29, 0.717) is 23.1 Å². The average molecular weight is 561 g/mol. The van der Waals surface area contributed by atoms with Gasteiger partial charge >= 0.3 is 29.5 Å². The fraction of sp³-hybridized carbons (Fsp3) is 0.536. The molecule has 1 aromatic heterocycles. The standard InChI is InChI=1S/C28H32O12/c1-13-21(11-10-19-18-8-6-7-9-20(18)27(33)40-23(13)19)38-28-26(37-17(5)32)25(36-16(4)31)24(35-15(3)30)22(39-28)12-34-14(2)29/h10-11,22,24-26,28H,6-9,12H2,1-5H3/t22-,24+,25+,26-,28-/m1/s1. The highest BCUT2D eigenvalue weighted by molar-refractivity contribution is 5.86. The van der Waals surface area contributed by atoms with E-state index in [1.807, 2.05) is 0 Å². The summed E-state index contributed by atoms with van der Waals surface area (Å²) in [6.45, 7) is 5.94. The summed E-state index contributed by atoms with van der Waals surface area (Å²) in [5.41, 5.74) is 2.10. The lowest BCUT2D eigenvalue weighted by Crippen LogP contribution is -2.63. The van der Waals surface area contributed by atoms with E-state index in [4.69, 9.17) is 32.8 Å². The highest BCUT2D eigenvalue weighted by atomic mass is 16.7. The van der Waals surface area contributed by atoms with E-state index in [1.54, 1.807) is 19.1 Å². The molecular formula is C28H32O12. The van der Waals surface area contributed by atoms with Crippen molar-refractivity contribution in [3.8, 4) is 5.75 Å². The molecule has 216 valence electrons. The van der Waals surface area contributed by atoms with Crippen LogP contribution in [0.3, 0.4) is 0 Å². The topological polar surface area (TPSA) is 154 Å². The minimum Gasteiger partial charge on any atom is -0.463 e. The van der Waals surface area contributed by atoms with Crippen LogP contribution in [0, 0.1) is 6.92 Å². The monoisotopic (exact) mass is 560 g/mol. The molecule has 0 amide bonds. The first-order valence-electron chi connectivity index (χ1n) is 13.0. The smallest absolute Gasteiger partial charge is 0.339 e. The van der Waals surface area contributed by atoms with Crippen LogP contribution in [0.2, 0.25) is 0 Å². The van der Waals surface area contributed by atoms with Crippen molar-refractivity contribution in [2.75, 3.05) is 6.61 Å². The number of esters is 4. The third-order valence-corrected chi connectivity index (χ3v) is 6.78. The molecular weight excluding hydrogens is 528 g/mol. The quantitative estimate of drug-likeness (QED) is 0.278. The van der Waals surface area contributed by atoms with E-state index in [1.165, 1.54) is 6.92 Å². The van der Waals surface area contributed by atoms with Gasteiger partial charge in [0.1, 0.15) is 24.0 Å². The van der Waals surface area contributed by atoms with Crippen molar-refractivity contribution >= 4 is 34.8 Å². The average Bonchev–Trinajstić information content (AvgIpc) is 2.87. The van der Waals surface area contributed by atoms with Crippen LogP contribution in [0.15, 0.2) is 21.3 Å². The molecule has 5 atom stereocenters. The Kier molecular flexibility index (Phi) is 8.77. The van der Waals surface area contributed by atoms with E-state index in [-0.39, 0.29) is 12.4 Å². The zero-order valence-corrected chi connectivity index (χ0v) is 23.0. The van der Waals surface area contributed by atoms with Crippen molar-refractivity contribution in [2.45, 2.75) is 91.0 Å². The van der Waals surface area contributed by atoms with E-state index >= 15 is 0 Å². The second-order valence-electron chi connectivity index (χ2n) is 9.80. The maximum atomic E-state index is 12.7. The summed E-state index contributed by atoms with van der Waals surface area (Å²) in [5.74, 6) is -2.61. The van der Waals surface area contributed by atoms with Gasteiger partial charge in [-0.25, -0.2) is 4.79 Å². The maximum Gasteiger partial charge on any atom is 0.339 e. The number of carbonyl (C=O) groups is 4. The van der Waals surface area contributed by atoms with E-state index in [0.717, 1.165) is 51.0 Å². The van der Waals surface area contributed by atoms with Crippen LogP contribution < -0.4 is 10.4 Å². The van der Waals surface area contributed by atoms with Gasteiger partial charge in [-0.3, -0.25) is 19.2 Å². The maximum absolute atomic E-state index is 12.7. The lowest BCUT2D eigenvalue weighted by atomic mass is 9.90. The van der Waals surface area contributed by atoms with Crippen molar-refractivity contribution in [1.29, 1.82) is 0 Å². The van der Waals surface area contributed by atoms with Crippen LogP contribution in [-0.2, 0) is 55.7 Å². The predicted molar refractivity (Wildman–Crippen MR) is 136 cm³/mol. The minimum absolute atomic E-state index is 0.243. The van der Waals surface area contributed by atoms with Crippen molar-refractivity contribution in [3.63, 3.8) is 0 Å². The first kappa shape index (κ1) is 29.1. The number of carbonyl (C=O) groups excluding carboxylic acids is 4. The lowest BCUT2D eigenvalue weighted by molar-refractivity contribution is -0.288. The number of rotatable bonds is 7. The van der Waals surface area contributed by atoms with E-state index in [9.17, 15) is 24.0 Å². The highest BCUT2D eigenvalue weighted by Crippen LogP contribution is 2.36. The van der Waals surface area contributed by atoms with Gasteiger partial charge in [-0.2, -0.15) is 0 Å². The van der Waals surface area contributed by atoms with Crippen molar-refractivity contribution in [2.24, 2.45) is 0 Å². The number of aryl methyl sites for hydroxylation is 2. The molecule has 1 aliphatic heterocycles. The summed E-state index contributed by atoms with van der Waals surface area (Å²) >= 11 is 0. The summed E-state index contributed by atoms with van der Waals surface area (Å²) in [4.78, 5) is 60.3.